The minimum atomic E-state index is -0.0181. The van der Waals surface area contributed by atoms with E-state index in [4.69, 9.17) is 5.73 Å². The Kier molecular flexibility index (Phi) is 3.47. The Hall–Kier alpha value is -1.36. The van der Waals surface area contributed by atoms with E-state index in [0.717, 1.165) is 31.5 Å². The molecule has 0 aliphatic heterocycles. The summed E-state index contributed by atoms with van der Waals surface area (Å²) in [6.45, 7) is 2.73. The molecule has 0 atom stereocenters. The second-order valence-electron chi connectivity index (χ2n) is 4.82. The zero-order valence-corrected chi connectivity index (χ0v) is 10.4. The number of hydrogen-bond donors (Lipinski definition) is 2. The van der Waals surface area contributed by atoms with Crippen LogP contribution in [0.3, 0.4) is 0 Å². The average Bonchev–Trinajstić information content (AvgIpc) is 2.64. The highest BCUT2D eigenvalue weighted by molar-refractivity contribution is 5.95. The van der Waals surface area contributed by atoms with Crippen molar-refractivity contribution in [2.45, 2.75) is 32.2 Å². The molecule has 5 heteroatoms. The first-order valence-corrected chi connectivity index (χ1v) is 6.16. The van der Waals surface area contributed by atoms with Crippen LogP contribution in [-0.4, -0.2) is 28.3 Å². The number of aryl methyl sites for hydroxylation is 2. The zero-order valence-electron chi connectivity index (χ0n) is 10.4. The summed E-state index contributed by atoms with van der Waals surface area (Å²) in [6, 6.07) is 0.335. The first-order valence-electron chi connectivity index (χ1n) is 6.16. The van der Waals surface area contributed by atoms with Gasteiger partial charge in [-0.15, -0.1) is 0 Å². The molecule has 2 rings (SSSR count). The molecule has 0 aromatic carbocycles. The minimum absolute atomic E-state index is 0.0181. The summed E-state index contributed by atoms with van der Waals surface area (Å²) in [7, 11) is 1.83. The van der Waals surface area contributed by atoms with Crippen LogP contribution in [0.4, 0.5) is 0 Å². The van der Waals surface area contributed by atoms with Gasteiger partial charge in [-0.1, -0.05) is 6.92 Å². The molecule has 0 unspecified atom stereocenters. The Bertz CT molecular complexity index is 407. The van der Waals surface area contributed by atoms with E-state index in [1.165, 1.54) is 0 Å². The van der Waals surface area contributed by atoms with Crippen LogP contribution < -0.4 is 11.1 Å². The fourth-order valence-corrected chi connectivity index (χ4v) is 2.27. The van der Waals surface area contributed by atoms with E-state index in [2.05, 4.69) is 10.4 Å². The quantitative estimate of drug-likeness (QED) is 0.797. The highest BCUT2D eigenvalue weighted by Gasteiger charge is 2.26. The van der Waals surface area contributed by atoms with Crippen molar-refractivity contribution in [2.24, 2.45) is 18.7 Å². The molecule has 1 heterocycles. The molecule has 0 bridgehead atoms. The number of nitrogens with zero attached hydrogens (tertiary/aromatic N) is 2. The maximum absolute atomic E-state index is 12.0. The van der Waals surface area contributed by atoms with E-state index in [-0.39, 0.29) is 5.91 Å². The molecule has 1 amide bonds. The maximum atomic E-state index is 12.0. The smallest absolute Gasteiger partial charge is 0.254 e. The summed E-state index contributed by atoms with van der Waals surface area (Å²) in [4.78, 5) is 12.0. The number of nitrogens with two attached hydrogens (primary N) is 1. The van der Waals surface area contributed by atoms with E-state index >= 15 is 0 Å². The van der Waals surface area contributed by atoms with E-state index in [0.29, 0.717) is 17.5 Å². The number of amides is 1. The first-order chi connectivity index (χ1) is 8.10. The Morgan fingerprint density at radius 1 is 1.65 bits per heavy atom. The molecule has 0 saturated heterocycles. The molecule has 1 aliphatic rings. The van der Waals surface area contributed by atoms with Crippen molar-refractivity contribution in [1.29, 1.82) is 0 Å². The van der Waals surface area contributed by atoms with E-state index in [1.54, 1.807) is 10.9 Å². The van der Waals surface area contributed by atoms with Gasteiger partial charge in [-0.2, -0.15) is 5.10 Å². The third kappa shape index (κ3) is 2.66. The number of carbonyl (C=O) groups is 1. The van der Waals surface area contributed by atoms with Crippen LogP contribution >= 0.6 is 0 Å². The van der Waals surface area contributed by atoms with Crippen molar-refractivity contribution in [3.63, 3.8) is 0 Å². The third-order valence-electron chi connectivity index (χ3n) is 3.31. The molecule has 0 spiro atoms. The van der Waals surface area contributed by atoms with Gasteiger partial charge in [0.1, 0.15) is 0 Å². The summed E-state index contributed by atoms with van der Waals surface area (Å²) in [6.07, 6.45) is 4.60. The molecule has 17 heavy (non-hydrogen) atoms. The highest BCUT2D eigenvalue weighted by Crippen LogP contribution is 2.24. The minimum Gasteiger partial charge on any atom is -0.352 e. The SMILES string of the molecule is CCc1nn(C)cc1C(=O)NCC1CC(N)C1. The number of carbonyl (C=O) groups excluding carboxylic acids is 1. The van der Waals surface area contributed by atoms with E-state index in [1.807, 2.05) is 14.0 Å². The summed E-state index contributed by atoms with van der Waals surface area (Å²) in [5.41, 5.74) is 7.26. The summed E-state index contributed by atoms with van der Waals surface area (Å²) in [5, 5.41) is 7.22. The van der Waals surface area contributed by atoms with Gasteiger partial charge in [-0.3, -0.25) is 9.48 Å². The first kappa shape index (κ1) is 12.1. The lowest BCUT2D eigenvalue weighted by Crippen LogP contribution is -2.42. The summed E-state index contributed by atoms with van der Waals surface area (Å²) < 4.78 is 1.69. The van der Waals surface area contributed by atoms with E-state index in [9.17, 15) is 4.79 Å². The predicted molar refractivity (Wildman–Crippen MR) is 65.6 cm³/mol. The van der Waals surface area contributed by atoms with Crippen molar-refractivity contribution >= 4 is 5.91 Å². The Morgan fingerprint density at radius 2 is 2.35 bits per heavy atom. The molecule has 1 aliphatic carbocycles. The largest absolute Gasteiger partial charge is 0.352 e. The highest BCUT2D eigenvalue weighted by atomic mass is 16.1. The summed E-state index contributed by atoms with van der Waals surface area (Å²) in [5.74, 6) is 0.533. The van der Waals surface area contributed by atoms with Gasteiger partial charge < -0.3 is 11.1 Å². The molecular weight excluding hydrogens is 216 g/mol. The molecule has 0 radical (unpaired) electrons. The van der Waals surface area contributed by atoms with Crippen LogP contribution in [0.1, 0.15) is 35.8 Å². The lowest BCUT2D eigenvalue weighted by atomic mass is 9.81. The van der Waals surface area contributed by atoms with Crippen molar-refractivity contribution in [3.05, 3.63) is 17.5 Å². The van der Waals surface area contributed by atoms with Crippen LogP contribution in [0.5, 0.6) is 0 Å². The Balaban J connectivity index is 1.90. The van der Waals surface area contributed by atoms with Crippen LogP contribution in [0.2, 0.25) is 0 Å². The third-order valence-corrected chi connectivity index (χ3v) is 3.31. The summed E-state index contributed by atoms with van der Waals surface area (Å²) >= 11 is 0. The topological polar surface area (TPSA) is 72.9 Å². The van der Waals surface area contributed by atoms with Crippen molar-refractivity contribution < 1.29 is 4.79 Å². The van der Waals surface area contributed by atoms with Gasteiger partial charge in [0.25, 0.3) is 5.91 Å². The molecule has 94 valence electrons. The number of nitrogens with one attached hydrogen (secondary N) is 1. The Morgan fingerprint density at radius 3 is 2.94 bits per heavy atom. The second kappa shape index (κ2) is 4.87. The van der Waals surface area contributed by atoms with Crippen molar-refractivity contribution in [3.8, 4) is 0 Å². The fraction of sp³-hybridized carbons (Fsp3) is 0.667. The standard InChI is InChI=1S/C12H20N4O/c1-3-11-10(7-16(2)15-11)12(17)14-6-8-4-9(13)5-8/h7-9H,3-6,13H2,1-2H3,(H,14,17). The second-order valence-corrected chi connectivity index (χ2v) is 4.82. The van der Waals surface area contributed by atoms with Gasteiger partial charge >= 0.3 is 0 Å². The molecule has 1 aromatic heterocycles. The van der Waals surface area contributed by atoms with Gasteiger partial charge in [0.2, 0.25) is 0 Å². The van der Waals surface area contributed by atoms with Gasteiger partial charge in [-0.25, -0.2) is 0 Å². The molecule has 5 nitrogen and oxygen atoms in total. The van der Waals surface area contributed by atoms with Crippen LogP contribution in [-0.2, 0) is 13.5 Å². The predicted octanol–water partition coefficient (Wildman–Crippen LogP) is 0.450. The number of aromatic nitrogens is 2. The number of rotatable bonds is 4. The van der Waals surface area contributed by atoms with Crippen molar-refractivity contribution in [1.82, 2.24) is 15.1 Å². The lowest BCUT2D eigenvalue weighted by Gasteiger charge is -2.32. The molecule has 1 fully saturated rings. The average molecular weight is 236 g/mol. The Labute approximate surface area is 101 Å². The molecule has 1 aromatic rings. The normalized spacial score (nSPS) is 23.2. The van der Waals surface area contributed by atoms with E-state index < -0.39 is 0 Å². The van der Waals surface area contributed by atoms with Gasteiger partial charge in [0.05, 0.1) is 11.3 Å². The van der Waals surface area contributed by atoms with Gasteiger partial charge in [0, 0.05) is 25.8 Å². The van der Waals surface area contributed by atoms with Gasteiger partial charge in [-0.05, 0) is 25.2 Å². The van der Waals surface area contributed by atoms with Crippen LogP contribution in [0.25, 0.3) is 0 Å². The monoisotopic (exact) mass is 236 g/mol. The molecule has 1 saturated carbocycles. The fourth-order valence-electron chi connectivity index (χ4n) is 2.27. The maximum Gasteiger partial charge on any atom is 0.254 e. The zero-order chi connectivity index (χ0) is 12.4. The van der Waals surface area contributed by atoms with Crippen molar-refractivity contribution in [2.75, 3.05) is 6.54 Å². The molecule has 3 N–H and O–H groups in total. The molecular formula is C12H20N4O. The van der Waals surface area contributed by atoms with Gasteiger partial charge in [0.15, 0.2) is 0 Å². The lowest BCUT2D eigenvalue weighted by molar-refractivity contribution is 0.0934. The van der Waals surface area contributed by atoms with Crippen LogP contribution in [0, 0.1) is 5.92 Å². The van der Waals surface area contributed by atoms with Crippen LogP contribution in [0.15, 0.2) is 6.20 Å². The number of hydrogen-bond acceptors (Lipinski definition) is 3.